The summed E-state index contributed by atoms with van der Waals surface area (Å²) in [5.74, 6) is -0.256. The Morgan fingerprint density at radius 2 is 2.10 bits per heavy atom. The molecule has 0 aromatic heterocycles. The molecule has 0 spiro atoms. The Balaban J connectivity index is 1.85. The second kappa shape index (κ2) is 7.48. The van der Waals surface area contributed by atoms with Crippen molar-refractivity contribution in [2.24, 2.45) is 0 Å². The molecule has 2 saturated heterocycles. The maximum Gasteiger partial charge on any atom is 0.217 e. The number of aliphatic hydroxyl groups excluding tert-OH is 3. The molecule has 0 aromatic rings. The lowest BCUT2D eigenvalue weighted by molar-refractivity contribution is -0.266. The van der Waals surface area contributed by atoms with Crippen molar-refractivity contribution in [3.63, 3.8) is 0 Å². The molecule has 2 heterocycles. The Bertz CT molecular complexity index is 353. The molecule has 2 rings (SSSR count). The van der Waals surface area contributed by atoms with Gasteiger partial charge >= 0.3 is 0 Å². The molecule has 0 bridgehead atoms. The van der Waals surface area contributed by atoms with Gasteiger partial charge in [0.15, 0.2) is 12.6 Å². The molecular formula is C13H23NO7. The van der Waals surface area contributed by atoms with E-state index in [-0.39, 0.29) is 25.2 Å². The average molecular weight is 305 g/mol. The van der Waals surface area contributed by atoms with E-state index < -0.39 is 30.8 Å². The van der Waals surface area contributed by atoms with E-state index in [0.717, 1.165) is 0 Å². The molecule has 2 fully saturated rings. The van der Waals surface area contributed by atoms with Gasteiger partial charge in [-0.1, -0.05) is 0 Å². The summed E-state index contributed by atoms with van der Waals surface area (Å²) >= 11 is 0. The summed E-state index contributed by atoms with van der Waals surface area (Å²) < 4.78 is 16.4. The fraction of sp³-hybridized carbons (Fsp3) is 0.923. The molecule has 122 valence electrons. The van der Waals surface area contributed by atoms with Crippen LogP contribution in [0.2, 0.25) is 0 Å². The first-order valence-corrected chi connectivity index (χ1v) is 7.14. The van der Waals surface area contributed by atoms with E-state index in [4.69, 9.17) is 19.3 Å². The lowest BCUT2D eigenvalue weighted by Crippen LogP contribution is -2.52. The molecular weight excluding hydrogens is 282 g/mol. The number of rotatable bonds is 4. The van der Waals surface area contributed by atoms with E-state index in [2.05, 4.69) is 5.32 Å². The van der Waals surface area contributed by atoms with E-state index in [1.807, 2.05) is 0 Å². The first-order valence-electron chi connectivity index (χ1n) is 7.14. The highest BCUT2D eigenvalue weighted by Gasteiger charge is 2.35. The van der Waals surface area contributed by atoms with Crippen molar-refractivity contribution in [2.45, 2.75) is 63.1 Å². The first kappa shape index (κ1) is 16.6. The van der Waals surface area contributed by atoms with Crippen molar-refractivity contribution in [3.8, 4) is 0 Å². The molecule has 8 heteroatoms. The Hall–Kier alpha value is -0.770. The van der Waals surface area contributed by atoms with Gasteiger partial charge in [0.05, 0.1) is 37.6 Å². The molecule has 0 aliphatic carbocycles. The third-order valence-electron chi connectivity index (χ3n) is 3.59. The van der Waals surface area contributed by atoms with E-state index in [0.29, 0.717) is 19.3 Å². The predicted octanol–water partition coefficient (Wildman–Crippen LogP) is -1.53. The Labute approximate surface area is 123 Å². The number of aliphatic hydroxyl groups is 3. The molecule has 2 aliphatic rings. The smallest absolute Gasteiger partial charge is 0.217 e. The van der Waals surface area contributed by atoms with Gasteiger partial charge in [-0.05, 0) is 0 Å². The van der Waals surface area contributed by atoms with Crippen LogP contribution in [0.15, 0.2) is 0 Å². The number of hydrogen-bond donors (Lipinski definition) is 4. The number of amides is 1. The number of ether oxygens (including phenoxy) is 3. The maximum absolute atomic E-state index is 11.1. The molecule has 21 heavy (non-hydrogen) atoms. The second-order valence-electron chi connectivity index (χ2n) is 5.52. The lowest BCUT2D eigenvalue weighted by atomic mass is 10.0. The van der Waals surface area contributed by atoms with Crippen LogP contribution < -0.4 is 5.32 Å². The summed E-state index contributed by atoms with van der Waals surface area (Å²) in [5.41, 5.74) is 0. The SMILES string of the molecule is CC(=O)NC1CC(OC2CC(O)CC(CO)O2)COC1O. The summed E-state index contributed by atoms with van der Waals surface area (Å²) in [5, 5.41) is 31.1. The zero-order valence-electron chi connectivity index (χ0n) is 12.0. The maximum atomic E-state index is 11.1. The monoisotopic (exact) mass is 305 g/mol. The minimum Gasteiger partial charge on any atom is -0.394 e. The molecule has 1 amide bonds. The van der Waals surface area contributed by atoms with Gasteiger partial charge in [0.2, 0.25) is 5.91 Å². The second-order valence-corrected chi connectivity index (χ2v) is 5.52. The van der Waals surface area contributed by atoms with Crippen LogP contribution in [-0.4, -0.2) is 71.4 Å². The Morgan fingerprint density at radius 3 is 2.76 bits per heavy atom. The van der Waals surface area contributed by atoms with Gasteiger partial charge in [0, 0.05) is 26.2 Å². The minimum atomic E-state index is -1.06. The van der Waals surface area contributed by atoms with Crippen LogP contribution in [0.3, 0.4) is 0 Å². The molecule has 8 nitrogen and oxygen atoms in total. The highest BCUT2D eigenvalue weighted by molar-refractivity contribution is 5.73. The molecule has 2 aliphatic heterocycles. The van der Waals surface area contributed by atoms with Gasteiger partial charge in [-0.3, -0.25) is 4.79 Å². The van der Waals surface area contributed by atoms with Crippen molar-refractivity contribution < 1.29 is 34.3 Å². The van der Waals surface area contributed by atoms with Gasteiger partial charge in [-0.2, -0.15) is 0 Å². The van der Waals surface area contributed by atoms with Crippen LogP contribution in [0.4, 0.5) is 0 Å². The largest absolute Gasteiger partial charge is 0.394 e. The van der Waals surface area contributed by atoms with Crippen LogP contribution in [0.5, 0.6) is 0 Å². The van der Waals surface area contributed by atoms with E-state index in [1.165, 1.54) is 6.92 Å². The zero-order chi connectivity index (χ0) is 15.4. The van der Waals surface area contributed by atoms with Crippen LogP contribution >= 0.6 is 0 Å². The summed E-state index contributed by atoms with van der Waals surface area (Å²) in [7, 11) is 0. The fourth-order valence-electron chi connectivity index (χ4n) is 2.64. The Kier molecular flexibility index (Phi) is 5.91. The van der Waals surface area contributed by atoms with Crippen LogP contribution in [0.1, 0.15) is 26.2 Å². The molecule has 6 atom stereocenters. The zero-order valence-corrected chi connectivity index (χ0v) is 12.0. The highest BCUT2D eigenvalue weighted by Crippen LogP contribution is 2.24. The van der Waals surface area contributed by atoms with Gasteiger partial charge < -0.3 is 34.8 Å². The normalized spacial score (nSPS) is 40.8. The van der Waals surface area contributed by atoms with E-state index >= 15 is 0 Å². The third-order valence-corrected chi connectivity index (χ3v) is 3.59. The van der Waals surface area contributed by atoms with Crippen LogP contribution in [-0.2, 0) is 19.0 Å². The minimum absolute atomic E-state index is 0.175. The number of carbonyl (C=O) groups is 1. The predicted molar refractivity (Wildman–Crippen MR) is 70.0 cm³/mol. The Morgan fingerprint density at radius 1 is 1.33 bits per heavy atom. The van der Waals surface area contributed by atoms with Gasteiger partial charge in [0.25, 0.3) is 0 Å². The van der Waals surface area contributed by atoms with Gasteiger partial charge in [0.1, 0.15) is 0 Å². The standard InChI is InChI=1S/C13H23NO7/c1-7(16)14-11-4-10(6-19-13(11)18)21-12-3-8(17)2-9(5-15)20-12/h8-13,15,17-18H,2-6H2,1H3,(H,14,16). The van der Waals surface area contributed by atoms with Crippen LogP contribution in [0.25, 0.3) is 0 Å². The van der Waals surface area contributed by atoms with E-state index in [9.17, 15) is 15.0 Å². The first-order chi connectivity index (χ1) is 9.97. The van der Waals surface area contributed by atoms with Crippen molar-refractivity contribution in [1.82, 2.24) is 5.32 Å². The van der Waals surface area contributed by atoms with E-state index in [1.54, 1.807) is 0 Å². The van der Waals surface area contributed by atoms with Gasteiger partial charge in [-0.15, -0.1) is 0 Å². The fourth-order valence-corrected chi connectivity index (χ4v) is 2.64. The van der Waals surface area contributed by atoms with Crippen molar-refractivity contribution in [2.75, 3.05) is 13.2 Å². The molecule has 0 radical (unpaired) electrons. The van der Waals surface area contributed by atoms with Gasteiger partial charge in [-0.25, -0.2) is 0 Å². The molecule has 0 saturated carbocycles. The third kappa shape index (κ3) is 4.87. The topological polar surface area (TPSA) is 117 Å². The highest BCUT2D eigenvalue weighted by atomic mass is 16.7. The number of nitrogens with one attached hydrogen (secondary N) is 1. The summed E-state index contributed by atoms with van der Waals surface area (Å²) in [6.45, 7) is 1.37. The summed E-state index contributed by atoms with van der Waals surface area (Å²) in [6, 6.07) is -0.539. The summed E-state index contributed by atoms with van der Waals surface area (Å²) in [6.07, 6.45) is -1.99. The number of hydrogen-bond acceptors (Lipinski definition) is 7. The quantitative estimate of drug-likeness (QED) is 0.498. The average Bonchev–Trinajstić information content (AvgIpc) is 2.41. The van der Waals surface area contributed by atoms with Crippen molar-refractivity contribution >= 4 is 5.91 Å². The lowest BCUT2D eigenvalue weighted by Gasteiger charge is -2.38. The number of carbonyl (C=O) groups excluding carboxylic acids is 1. The summed E-state index contributed by atoms with van der Waals surface area (Å²) in [4.78, 5) is 11.1. The molecule has 4 N–H and O–H groups in total. The van der Waals surface area contributed by atoms with Crippen LogP contribution in [0, 0.1) is 0 Å². The molecule has 0 aromatic carbocycles. The van der Waals surface area contributed by atoms with Crippen molar-refractivity contribution in [3.05, 3.63) is 0 Å². The molecule has 6 unspecified atom stereocenters. The van der Waals surface area contributed by atoms with Crippen molar-refractivity contribution in [1.29, 1.82) is 0 Å².